The molecule has 118 valence electrons. The van der Waals surface area contributed by atoms with Crippen LogP contribution in [0, 0.1) is 5.82 Å². The molecule has 0 aliphatic carbocycles. The van der Waals surface area contributed by atoms with E-state index < -0.39 is 0 Å². The van der Waals surface area contributed by atoms with Gasteiger partial charge in [0.25, 0.3) is 0 Å². The summed E-state index contributed by atoms with van der Waals surface area (Å²) in [6, 6.07) is 8.53. The molecule has 1 aliphatic rings. The second kappa shape index (κ2) is 6.77. The summed E-state index contributed by atoms with van der Waals surface area (Å²) in [4.78, 5) is 5.96. The largest absolute Gasteiger partial charge is 0.488 e. The number of thiophene rings is 1. The summed E-state index contributed by atoms with van der Waals surface area (Å²) in [6.45, 7) is 3.84. The molecule has 1 aliphatic heterocycles. The van der Waals surface area contributed by atoms with Crippen molar-refractivity contribution < 1.29 is 9.13 Å². The maximum atomic E-state index is 12.8. The number of benzene rings is 1. The Morgan fingerprint density at radius 3 is 2.68 bits per heavy atom. The molecule has 2 heterocycles. The lowest BCUT2D eigenvalue weighted by Gasteiger charge is -2.38. The van der Waals surface area contributed by atoms with Crippen LogP contribution in [0.2, 0.25) is 0 Å². The first-order chi connectivity index (χ1) is 10.6. The van der Waals surface area contributed by atoms with E-state index in [4.69, 9.17) is 4.74 Å². The number of ether oxygens (including phenoxy) is 1. The molecule has 1 aromatic heterocycles. The Morgan fingerprint density at radius 2 is 2.00 bits per heavy atom. The van der Waals surface area contributed by atoms with Gasteiger partial charge in [-0.3, -0.25) is 4.90 Å². The molecule has 1 saturated heterocycles. The summed E-state index contributed by atoms with van der Waals surface area (Å²) in [5.41, 5.74) is 1.38. The van der Waals surface area contributed by atoms with Gasteiger partial charge in [-0.25, -0.2) is 4.39 Å². The summed E-state index contributed by atoms with van der Waals surface area (Å²) in [6.07, 6.45) is 0.215. The van der Waals surface area contributed by atoms with Crippen LogP contribution in [0.1, 0.15) is 10.4 Å². The summed E-state index contributed by atoms with van der Waals surface area (Å²) < 4.78 is 18.7. The first-order valence-corrected chi connectivity index (χ1v) is 8.32. The standard InChI is InChI=1S/C17H21FN2OS/c1-19(2)8-13-7-17(22-12-13)11-20-9-16(10-20)21-15-5-3-14(18)4-6-15/h3-7,12,16H,8-11H2,1-2H3. The van der Waals surface area contributed by atoms with Crippen LogP contribution in [-0.4, -0.2) is 43.1 Å². The third-order valence-electron chi connectivity index (χ3n) is 3.63. The molecule has 22 heavy (non-hydrogen) atoms. The fourth-order valence-electron chi connectivity index (χ4n) is 2.61. The molecule has 1 aromatic carbocycles. The Kier molecular flexibility index (Phi) is 4.76. The average Bonchev–Trinajstić information content (AvgIpc) is 2.85. The van der Waals surface area contributed by atoms with Gasteiger partial charge in [0.1, 0.15) is 17.7 Å². The van der Waals surface area contributed by atoms with E-state index in [0.29, 0.717) is 0 Å². The minimum atomic E-state index is -0.228. The zero-order chi connectivity index (χ0) is 15.5. The quantitative estimate of drug-likeness (QED) is 0.813. The van der Waals surface area contributed by atoms with Crippen LogP contribution in [0.5, 0.6) is 5.75 Å². The Balaban J connectivity index is 1.43. The maximum absolute atomic E-state index is 12.8. The first-order valence-electron chi connectivity index (χ1n) is 7.44. The van der Waals surface area contributed by atoms with Gasteiger partial charge in [-0.05, 0) is 55.4 Å². The first kappa shape index (κ1) is 15.5. The van der Waals surface area contributed by atoms with Crippen LogP contribution in [0.3, 0.4) is 0 Å². The summed E-state index contributed by atoms with van der Waals surface area (Å²) in [5, 5.41) is 2.24. The normalized spacial score (nSPS) is 16.0. The van der Waals surface area contributed by atoms with Gasteiger partial charge in [-0.15, -0.1) is 11.3 Å². The number of likely N-dealkylation sites (tertiary alicyclic amines) is 1. The van der Waals surface area contributed by atoms with Gasteiger partial charge < -0.3 is 9.64 Å². The van der Waals surface area contributed by atoms with Crippen LogP contribution >= 0.6 is 11.3 Å². The molecule has 0 N–H and O–H groups in total. The minimum absolute atomic E-state index is 0.215. The fourth-order valence-corrected chi connectivity index (χ4v) is 3.53. The van der Waals surface area contributed by atoms with E-state index in [9.17, 15) is 4.39 Å². The lowest BCUT2D eigenvalue weighted by molar-refractivity contribution is 0.0151. The van der Waals surface area contributed by atoms with Crippen molar-refractivity contribution in [2.24, 2.45) is 0 Å². The van der Waals surface area contributed by atoms with Gasteiger partial charge in [-0.2, -0.15) is 0 Å². The molecule has 0 spiro atoms. The molecule has 0 unspecified atom stereocenters. The maximum Gasteiger partial charge on any atom is 0.124 e. The van der Waals surface area contributed by atoms with Gasteiger partial charge in [0, 0.05) is 31.1 Å². The topological polar surface area (TPSA) is 15.7 Å². The van der Waals surface area contributed by atoms with Crippen LogP contribution in [0.15, 0.2) is 35.7 Å². The summed E-state index contributed by atoms with van der Waals surface area (Å²) in [7, 11) is 4.17. The second-order valence-corrected chi connectivity index (χ2v) is 7.04. The van der Waals surface area contributed by atoms with Crippen molar-refractivity contribution in [2.45, 2.75) is 19.2 Å². The van der Waals surface area contributed by atoms with Crippen molar-refractivity contribution in [3.8, 4) is 5.75 Å². The van der Waals surface area contributed by atoms with E-state index in [-0.39, 0.29) is 11.9 Å². The highest BCUT2D eigenvalue weighted by atomic mass is 32.1. The molecule has 0 atom stereocenters. The molecule has 5 heteroatoms. The van der Waals surface area contributed by atoms with Crippen LogP contribution in [0.25, 0.3) is 0 Å². The number of halogens is 1. The van der Waals surface area contributed by atoms with E-state index in [1.54, 1.807) is 12.1 Å². The SMILES string of the molecule is CN(C)Cc1csc(CN2CC(Oc3ccc(F)cc3)C2)c1. The molecule has 3 nitrogen and oxygen atoms in total. The van der Waals surface area contributed by atoms with Crippen molar-refractivity contribution in [3.05, 3.63) is 52.0 Å². The number of hydrogen-bond donors (Lipinski definition) is 0. The van der Waals surface area contributed by atoms with Crippen molar-refractivity contribution in [1.82, 2.24) is 9.80 Å². The minimum Gasteiger partial charge on any atom is -0.488 e. The van der Waals surface area contributed by atoms with Gasteiger partial charge in [0.2, 0.25) is 0 Å². The summed E-state index contributed by atoms with van der Waals surface area (Å²) in [5.74, 6) is 0.518. The van der Waals surface area contributed by atoms with Crippen LogP contribution < -0.4 is 4.74 Å². The highest BCUT2D eigenvalue weighted by molar-refractivity contribution is 7.10. The Labute approximate surface area is 134 Å². The zero-order valence-electron chi connectivity index (χ0n) is 13.0. The van der Waals surface area contributed by atoms with E-state index in [2.05, 4.69) is 35.3 Å². The van der Waals surface area contributed by atoms with E-state index in [0.717, 1.165) is 31.9 Å². The molecular weight excluding hydrogens is 299 g/mol. The van der Waals surface area contributed by atoms with Gasteiger partial charge in [0.15, 0.2) is 0 Å². The lowest BCUT2D eigenvalue weighted by atomic mass is 10.1. The third-order valence-corrected chi connectivity index (χ3v) is 4.60. The van der Waals surface area contributed by atoms with Gasteiger partial charge in [-0.1, -0.05) is 0 Å². The highest BCUT2D eigenvalue weighted by Crippen LogP contribution is 2.23. The van der Waals surface area contributed by atoms with E-state index >= 15 is 0 Å². The van der Waals surface area contributed by atoms with E-state index in [1.165, 1.54) is 22.6 Å². The predicted molar refractivity (Wildman–Crippen MR) is 87.8 cm³/mol. The van der Waals surface area contributed by atoms with Crippen molar-refractivity contribution >= 4 is 11.3 Å². The molecule has 0 radical (unpaired) electrons. The monoisotopic (exact) mass is 320 g/mol. The fraction of sp³-hybridized carbons (Fsp3) is 0.412. The molecule has 0 saturated carbocycles. The Bertz CT molecular complexity index is 605. The molecule has 3 rings (SSSR count). The molecular formula is C17H21FN2OS. The molecule has 2 aromatic rings. The average molecular weight is 320 g/mol. The third kappa shape index (κ3) is 4.06. The Morgan fingerprint density at radius 1 is 1.27 bits per heavy atom. The van der Waals surface area contributed by atoms with Gasteiger partial charge in [0.05, 0.1) is 0 Å². The van der Waals surface area contributed by atoms with Crippen LogP contribution in [0.4, 0.5) is 4.39 Å². The van der Waals surface area contributed by atoms with Crippen molar-refractivity contribution in [3.63, 3.8) is 0 Å². The zero-order valence-corrected chi connectivity index (χ0v) is 13.8. The molecule has 0 amide bonds. The van der Waals surface area contributed by atoms with Crippen molar-refractivity contribution in [2.75, 3.05) is 27.2 Å². The predicted octanol–water partition coefficient (Wildman–Crippen LogP) is 3.21. The number of hydrogen-bond acceptors (Lipinski definition) is 4. The highest BCUT2D eigenvalue weighted by Gasteiger charge is 2.28. The molecule has 0 bridgehead atoms. The number of nitrogens with zero attached hydrogens (tertiary/aromatic N) is 2. The lowest BCUT2D eigenvalue weighted by Crippen LogP contribution is -2.52. The summed E-state index contributed by atoms with van der Waals surface area (Å²) >= 11 is 1.83. The number of rotatable bonds is 6. The second-order valence-electron chi connectivity index (χ2n) is 6.05. The Hall–Kier alpha value is -1.43. The van der Waals surface area contributed by atoms with Crippen LogP contribution in [-0.2, 0) is 13.1 Å². The molecule has 1 fully saturated rings. The van der Waals surface area contributed by atoms with E-state index in [1.807, 2.05) is 11.3 Å². The van der Waals surface area contributed by atoms with Gasteiger partial charge >= 0.3 is 0 Å². The smallest absolute Gasteiger partial charge is 0.124 e. The van der Waals surface area contributed by atoms with Crippen molar-refractivity contribution in [1.29, 1.82) is 0 Å².